The Balaban J connectivity index is 0.000000640. The molecule has 0 unspecified atom stereocenters. The molecule has 0 aliphatic carbocycles. The van der Waals surface area contributed by atoms with Crippen LogP contribution in [0.4, 0.5) is 0 Å². The maximum absolute atomic E-state index is 2.38. The zero-order chi connectivity index (χ0) is 5.98. The van der Waals surface area contributed by atoms with Gasteiger partial charge in [0.25, 0.3) is 0 Å². The van der Waals surface area contributed by atoms with Crippen LogP contribution in [-0.2, 0) is 0 Å². The molecule has 1 saturated heterocycles. The van der Waals surface area contributed by atoms with E-state index in [4.69, 9.17) is 0 Å². The summed E-state index contributed by atoms with van der Waals surface area (Å²) in [6.07, 6.45) is 2.63. The normalized spacial score (nSPS) is 23.3. The van der Waals surface area contributed by atoms with Crippen LogP contribution in [0.3, 0.4) is 0 Å². The van der Waals surface area contributed by atoms with Gasteiger partial charge in [0.05, 0.1) is 0 Å². The first-order valence-electron chi connectivity index (χ1n) is 3.29. The van der Waals surface area contributed by atoms with Gasteiger partial charge in [-0.15, -0.1) is 0 Å². The van der Waals surface area contributed by atoms with Crippen molar-refractivity contribution in [2.24, 2.45) is 0 Å². The fourth-order valence-corrected chi connectivity index (χ4v) is 1.00. The van der Waals surface area contributed by atoms with Crippen molar-refractivity contribution in [2.75, 3.05) is 20.1 Å². The van der Waals surface area contributed by atoms with Crippen LogP contribution in [0.25, 0.3) is 0 Å². The summed E-state index contributed by atoms with van der Waals surface area (Å²) < 4.78 is 0. The quantitative estimate of drug-likeness (QED) is 0.283. The molecule has 0 aromatic rings. The fourth-order valence-electron chi connectivity index (χ4n) is 1.00. The smallest absolute Gasteiger partial charge is 0.314 e. The van der Waals surface area contributed by atoms with Crippen LogP contribution in [0.15, 0.2) is 0 Å². The Labute approximate surface area is 80.1 Å². The maximum Gasteiger partial charge on any atom is 1.00 e. The maximum atomic E-state index is 2.38. The van der Waals surface area contributed by atoms with Crippen molar-refractivity contribution in [1.82, 2.24) is 4.90 Å². The van der Waals surface area contributed by atoms with Crippen LogP contribution in [0.2, 0.25) is 0 Å². The van der Waals surface area contributed by atoms with E-state index in [-0.39, 0.29) is 29.6 Å². The molecular formula is C7H14NNa. The predicted octanol–water partition coefficient (Wildman–Crippen LogP) is -1.69. The van der Waals surface area contributed by atoms with Gasteiger partial charge in [-0.05, 0) is 20.1 Å². The van der Waals surface area contributed by atoms with Crippen LogP contribution < -0.4 is 29.6 Å². The fraction of sp³-hybridized carbons (Fsp3) is 0.857. The number of hydrogen-bond donors (Lipinski definition) is 0. The van der Waals surface area contributed by atoms with Crippen molar-refractivity contribution in [3.05, 3.63) is 5.92 Å². The summed E-state index contributed by atoms with van der Waals surface area (Å²) in [5.41, 5.74) is 0. The third kappa shape index (κ3) is 3.61. The number of piperidine rings is 1. The first-order chi connectivity index (χ1) is 3.79. The number of likely N-dealkylation sites (tertiary alicyclic amines) is 1. The van der Waals surface area contributed by atoms with Crippen LogP contribution >= 0.6 is 0 Å². The van der Waals surface area contributed by atoms with Crippen LogP contribution in [0.1, 0.15) is 19.8 Å². The van der Waals surface area contributed by atoms with E-state index < -0.39 is 0 Å². The Morgan fingerprint density at radius 3 is 2.00 bits per heavy atom. The largest absolute Gasteiger partial charge is 1.00 e. The first-order valence-corrected chi connectivity index (χ1v) is 3.29. The van der Waals surface area contributed by atoms with Crippen LogP contribution in [0, 0.1) is 5.92 Å². The van der Waals surface area contributed by atoms with Gasteiger partial charge in [-0.25, -0.2) is 0 Å². The molecule has 0 atom stereocenters. The van der Waals surface area contributed by atoms with Crippen LogP contribution in [0.5, 0.6) is 0 Å². The third-order valence-electron chi connectivity index (χ3n) is 1.84. The van der Waals surface area contributed by atoms with Gasteiger partial charge >= 0.3 is 29.6 Å². The Bertz CT molecular complexity index is 57.3. The molecule has 9 heavy (non-hydrogen) atoms. The summed E-state index contributed by atoms with van der Waals surface area (Å²) in [4.78, 5) is 2.38. The van der Waals surface area contributed by atoms with Crippen molar-refractivity contribution in [1.29, 1.82) is 0 Å². The standard InChI is InChI=1S/C7H14N.Na/c1-7-3-5-8(2)6-4-7;/h3-6H2,1-2H3;/q-1;+1. The predicted molar refractivity (Wildman–Crippen MR) is 35.6 cm³/mol. The molecule has 1 aliphatic heterocycles. The molecule has 0 amide bonds. The zero-order valence-electron chi connectivity index (χ0n) is 6.78. The molecule has 0 radical (unpaired) electrons. The van der Waals surface area contributed by atoms with Gasteiger partial charge in [0, 0.05) is 0 Å². The Hall–Kier alpha value is 0.960. The molecule has 0 aromatic heterocycles. The van der Waals surface area contributed by atoms with E-state index >= 15 is 0 Å². The molecular weight excluding hydrogens is 121 g/mol. The van der Waals surface area contributed by atoms with Gasteiger partial charge in [-0.1, -0.05) is 0 Å². The minimum Gasteiger partial charge on any atom is -0.314 e. The van der Waals surface area contributed by atoms with Gasteiger partial charge in [-0.3, -0.25) is 0 Å². The molecule has 0 spiro atoms. The van der Waals surface area contributed by atoms with Gasteiger partial charge in [0.15, 0.2) is 0 Å². The van der Waals surface area contributed by atoms with E-state index in [9.17, 15) is 0 Å². The number of nitrogens with zero attached hydrogens (tertiary/aromatic N) is 1. The molecule has 1 fully saturated rings. The average molecular weight is 135 g/mol. The molecule has 1 rings (SSSR count). The van der Waals surface area contributed by atoms with Gasteiger partial charge in [-0.2, -0.15) is 19.8 Å². The second-order valence-electron chi connectivity index (χ2n) is 2.76. The van der Waals surface area contributed by atoms with E-state index in [1.807, 2.05) is 0 Å². The van der Waals surface area contributed by atoms with Crippen LogP contribution in [-0.4, -0.2) is 25.0 Å². The van der Waals surface area contributed by atoms with E-state index in [1.165, 1.54) is 25.9 Å². The summed E-state index contributed by atoms with van der Waals surface area (Å²) in [6, 6.07) is 0. The SMILES string of the molecule is C[C-]1CCN(C)CC1.[Na+]. The van der Waals surface area contributed by atoms with E-state index in [2.05, 4.69) is 18.9 Å². The Kier molecular flexibility index (Phi) is 5.23. The van der Waals surface area contributed by atoms with Gasteiger partial charge in [0.2, 0.25) is 0 Å². The van der Waals surface area contributed by atoms with Crippen molar-refractivity contribution in [2.45, 2.75) is 19.8 Å². The number of rotatable bonds is 0. The molecule has 1 nitrogen and oxygen atoms in total. The topological polar surface area (TPSA) is 3.24 Å². The molecule has 0 aromatic carbocycles. The van der Waals surface area contributed by atoms with Crippen molar-refractivity contribution in [3.63, 3.8) is 0 Å². The summed E-state index contributed by atoms with van der Waals surface area (Å²) in [5.74, 6) is 1.67. The minimum absolute atomic E-state index is 0. The Morgan fingerprint density at radius 1 is 1.22 bits per heavy atom. The molecule has 0 bridgehead atoms. The van der Waals surface area contributed by atoms with Crippen molar-refractivity contribution in [3.8, 4) is 0 Å². The van der Waals surface area contributed by atoms with E-state index in [0.29, 0.717) is 0 Å². The summed E-state index contributed by atoms with van der Waals surface area (Å²) in [7, 11) is 2.19. The van der Waals surface area contributed by atoms with E-state index in [0.717, 1.165) is 0 Å². The molecule has 1 aliphatic rings. The monoisotopic (exact) mass is 135 g/mol. The summed E-state index contributed by atoms with van der Waals surface area (Å²) in [5, 5.41) is 0. The molecule has 0 saturated carbocycles. The second kappa shape index (κ2) is 4.73. The molecule has 48 valence electrons. The van der Waals surface area contributed by atoms with Gasteiger partial charge in [0.1, 0.15) is 0 Å². The first kappa shape index (κ1) is 9.96. The Morgan fingerprint density at radius 2 is 1.67 bits per heavy atom. The molecule has 0 N–H and O–H groups in total. The number of hydrogen-bond acceptors (Lipinski definition) is 1. The van der Waals surface area contributed by atoms with Crippen molar-refractivity contribution >= 4 is 0 Å². The van der Waals surface area contributed by atoms with Crippen molar-refractivity contribution < 1.29 is 29.6 Å². The van der Waals surface area contributed by atoms with Gasteiger partial charge < -0.3 is 10.8 Å². The zero-order valence-corrected chi connectivity index (χ0v) is 8.78. The second-order valence-corrected chi connectivity index (χ2v) is 2.76. The molecule has 2 heteroatoms. The average Bonchev–Trinajstić information content (AvgIpc) is 1.77. The third-order valence-corrected chi connectivity index (χ3v) is 1.84. The molecule has 1 heterocycles. The summed E-state index contributed by atoms with van der Waals surface area (Å²) >= 11 is 0. The summed E-state index contributed by atoms with van der Waals surface area (Å²) in [6.45, 7) is 4.80. The minimum atomic E-state index is 0. The van der Waals surface area contributed by atoms with E-state index in [1.54, 1.807) is 5.92 Å².